The third kappa shape index (κ3) is 3.92. The first-order valence-electron chi connectivity index (χ1n) is 8.72. The van der Waals surface area contributed by atoms with Crippen molar-refractivity contribution < 1.29 is 14.2 Å². The first kappa shape index (κ1) is 16.8. The largest absolute Gasteiger partial charge is 0.493 e. The summed E-state index contributed by atoms with van der Waals surface area (Å²) in [5.74, 6) is 1.14. The van der Waals surface area contributed by atoms with Crippen molar-refractivity contribution in [3.05, 3.63) is 48.8 Å². The number of nitrogens with two attached hydrogens (primary N) is 1. The Morgan fingerprint density at radius 1 is 1.00 bits per heavy atom. The number of hydrogen-bond acceptors (Lipinski definition) is 6. The van der Waals surface area contributed by atoms with Crippen molar-refractivity contribution in [3.63, 3.8) is 0 Å². The summed E-state index contributed by atoms with van der Waals surface area (Å²) in [7, 11) is 0. The van der Waals surface area contributed by atoms with E-state index in [9.17, 15) is 0 Å². The number of ether oxygens (including phenoxy) is 3. The Labute approximate surface area is 151 Å². The Morgan fingerprint density at radius 3 is 2.62 bits per heavy atom. The van der Waals surface area contributed by atoms with Crippen molar-refractivity contribution in [2.75, 3.05) is 32.2 Å². The fraction of sp³-hybridized carbons (Fsp3) is 0.300. The SMILES string of the molecule is Nc1ncc(-c2ccc3cc(OCCC4COCCO4)ccc3c2)cn1. The highest BCUT2D eigenvalue weighted by molar-refractivity contribution is 5.88. The molecule has 0 spiro atoms. The maximum Gasteiger partial charge on any atom is 0.219 e. The minimum absolute atomic E-state index is 0.133. The monoisotopic (exact) mass is 351 g/mol. The number of nitrogen functional groups attached to an aromatic ring is 1. The first-order valence-corrected chi connectivity index (χ1v) is 8.72. The second-order valence-corrected chi connectivity index (χ2v) is 6.26. The van der Waals surface area contributed by atoms with Crippen LogP contribution in [0.15, 0.2) is 48.8 Å². The average molecular weight is 351 g/mol. The molecule has 1 aliphatic heterocycles. The Balaban J connectivity index is 1.44. The van der Waals surface area contributed by atoms with Crippen LogP contribution in [0.2, 0.25) is 0 Å². The van der Waals surface area contributed by atoms with E-state index in [2.05, 4.69) is 34.2 Å². The van der Waals surface area contributed by atoms with Gasteiger partial charge in [0.15, 0.2) is 0 Å². The quantitative estimate of drug-likeness (QED) is 0.761. The molecule has 2 aromatic carbocycles. The molecule has 0 saturated carbocycles. The third-order valence-electron chi connectivity index (χ3n) is 4.41. The number of nitrogens with zero attached hydrogens (tertiary/aromatic N) is 2. The van der Waals surface area contributed by atoms with E-state index in [1.165, 1.54) is 0 Å². The van der Waals surface area contributed by atoms with Crippen LogP contribution in [-0.2, 0) is 9.47 Å². The van der Waals surface area contributed by atoms with Gasteiger partial charge in [-0.05, 0) is 34.5 Å². The van der Waals surface area contributed by atoms with Gasteiger partial charge in [0.1, 0.15) is 5.75 Å². The van der Waals surface area contributed by atoms with E-state index in [-0.39, 0.29) is 12.1 Å². The number of fused-ring (bicyclic) bond motifs is 1. The van der Waals surface area contributed by atoms with Crippen LogP contribution < -0.4 is 10.5 Å². The first-order chi connectivity index (χ1) is 12.8. The van der Waals surface area contributed by atoms with E-state index in [0.29, 0.717) is 26.4 Å². The highest BCUT2D eigenvalue weighted by Crippen LogP contribution is 2.26. The molecule has 1 aliphatic rings. The van der Waals surface area contributed by atoms with E-state index < -0.39 is 0 Å². The van der Waals surface area contributed by atoms with Crippen molar-refractivity contribution in [3.8, 4) is 16.9 Å². The zero-order chi connectivity index (χ0) is 17.8. The van der Waals surface area contributed by atoms with Gasteiger partial charge in [0.2, 0.25) is 5.95 Å². The smallest absolute Gasteiger partial charge is 0.219 e. The molecule has 1 fully saturated rings. The maximum absolute atomic E-state index is 5.88. The number of hydrogen-bond donors (Lipinski definition) is 1. The Morgan fingerprint density at radius 2 is 1.81 bits per heavy atom. The van der Waals surface area contributed by atoms with Crippen LogP contribution in [-0.4, -0.2) is 42.5 Å². The van der Waals surface area contributed by atoms with Gasteiger partial charge in [-0.15, -0.1) is 0 Å². The fourth-order valence-electron chi connectivity index (χ4n) is 2.99. The van der Waals surface area contributed by atoms with Gasteiger partial charge in [0.05, 0.1) is 32.5 Å². The lowest BCUT2D eigenvalue weighted by molar-refractivity contribution is -0.0935. The molecule has 26 heavy (non-hydrogen) atoms. The molecule has 6 nitrogen and oxygen atoms in total. The molecule has 1 unspecified atom stereocenters. The van der Waals surface area contributed by atoms with Crippen molar-refractivity contribution in [1.82, 2.24) is 9.97 Å². The predicted octanol–water partition coefficient (Wildman–Crippen LogP) is 3.06. The van der Waals surface area contributed by atoms with E-state index in [1.807, 2.05) is 12.1 Å². The summed E-state index contributed by atoms with van der Waals surface area (Å²) in [6.45, 7) is 2.62. The van der Waals surface area contributed by atoms with Crippen LogP contribution in [0.1, 0.15) is 6.42 Å². The standard InChI is InChI=1S/C20H21N3O3/c21-20-22-11-17(12-23-20)15-1-2-16-10-18(4-3-14(16)9-15)25-6-5-19-13-24-7-8-26-19/h1-4,9-12,19H,5-8,13H2,(H2,21,22,23). The van der Waals surface area contributed by atoms with Crippen molar-refractivity contribution >= 4 is 16.7 Å². The minimum Gasteiger partial charge on any atom is -0.493 e. The van der Waals surface area contributed by atoms with Crippen LogP contribution in [0.3, 0.4) is 0 Å². The molecule has 6 heteroatoms. The van der Waals surface area contributed by atoms with Crippen molar-refractivity contribution in [2.45, 2.75) is 12.5 Å². The molecule has 4 rings (SSSR count). The Hall–Kier alpha value is -2.70. The molecule has 0 radical (unpaired) electrons. The van der Waals surface area contributed by atoms with Crippen LogP contribution in [0.5, 0.6) is 5.75 Å². The molecular weight excluding hydrogens is 330 g/mol. The second kappa shape index (κ2) is 7.68. The predicted molar refractivity (Wildman–Crippen MR) is 100 cm³/mol. The lowest BCUT2D eigenvalue weighted by Gasteiger charge is -2.22. The zero-order valence-corrected chi connectivity index (χ0v) is 14.4. The van der Waals surface area contributed by atoms with Crippen LogP contribution in [0.4, 0.5) is 5.95 Å². The van der Waals surface area contributed by atoms with Crippen molar-refractivity contribution in [1.29, 1.82) is 0 Å². The lowest BCUT2D eigenvalue weighted by Crippen LogP contribution is -2.29. The fourth-order valence-corrected chi connectivity index (χ4v) is 2.99. The molecule has 1 atom stereocenters. The van der Waals surface area contributed by atoms with Gasteiger partial charge in [-0.2, -0.15) is 0 Å². The van der Waals surface area contributed by atoms with Gasteiger partial charge >= 0.3 is 0 Å². The van der Waals surface area contributed by atoms with Gasteiger partial charge in [-0.25, -0.2) is 9.97 Å². The second-order valence-electron chi connectivity index (χ2n) is 6.26. The summed E-state index contributed by atoms with van der Waals surface area (Å²) < 4.78 is 16.9. The number of anilines is 1. The Bertz CT molecular complexity index is 877. The molecule has 134 valence electrons. The van der Waals surface area contributed by atoms with E-state index in [1.54, 1.807) is 12.4 Å². The molecule has 2 N–H and O–H groups in total. The summed E-state index contributed by atoms with van der Waals surface area (Å²) in [6, 6.07) is 12.3. The van der Waals surface area contributed by atoms with Gasteiger partial charge in [0.25, 0.3) is 0 Å². The normalized spacial score (nSPS) is 17.3. The zero-order valence-electron chi connectivity index (χ0n) is 14.4. The third-order valence-corrected chi connectivity index (χ3v) is 4.41. The van der Waals surface area contributed by atoms with Gasteiger partial charge in [-0.3, -0.25) is 0 Å². The summed E-state index contributed by atoms with van der Waals surface area (Å²) in [5, 5.41) is 2.26. The summed E-state index contributed by atoms with van der Waals surface area (Å²) in [6.07, 6.45) is 4.43. The minimum atomic E-state index is 0.133. The average Bonchev–Trinajstić information content (AvgIpc) is 2.69. The number of aromatic nitrogens is 2. The Kier molecular flexibility index (Phi) is 4.95. The number of rotatable bonds is 5. The van der Waals surface area contributed by atoms with E-state index >= 15 is 0 Å². The van der Waals surface area contributed by atoms with Crippen LogP contribution in [0, 0.1) is 0 Å². The molecule has 0 aliphatic carbocycles. The molecule has 1 aromatic heterocycles. The molecule has 0 amide bonds. The highest BCUT2D eigenvalue weighted by Gasteiger charge is 2.14. The summed E-state index contributed by atoms with van der Waals surface area (Å²) in [5.41, 5.74) is 7.55. The molecule has 3 aromatic rings. The van der Waals surface area contributed by atoms with Crippen LogP contribution in [0.25, 0.3) is 21.9 Å². The topological polar surface area (TPSA) is 79.5 Å². The maximum atomic E-state index is 5.88. The van der Waals surface area contributed by atoms with Gasteiger partial charge in [-0.1, -0.05) is 18.2 Å². The van der Waals surface area contributed by atoms with E-state index in [0.717, 1.165) is 34.1 Å². The van der Waals surface area contributed by atoms with Crippen molar-refractivity contribution in [2.24, 2.45) is 0 Å². The highest BCUT2D eigenvalue weighted by atomic mass is 16.6. The van der Waals surface area contributed by atoms with Gasteiger partial charge < -0.3 is 19.9 Å². The molecule has 1 saturated heterocycles. The molecule has 2 heterocycles. The summed E-state index contributed by atoms with van der Waals surface area (Å²) >= 11 is 0. The van der Waals surface area contributed by atoms with E-state index in [4.69, 9.17) is 19.9 Å². The van der Waals surface area contributed by atoms with Crippen LogP contribution >= 0.6 is 0 Å². The summed E-state index contributed by atoms with van der Waals surface area (Å²) in [4.78, 5) is 8.10. The molecule has 0 bridgehead atoms. The lowest BCUT2D eigenvalue weighted by atomic mass is 10.0. The molecular formula is C20H21N3O3. The number of benzene rings is 2. The van der Waals surface area contributed by atoms with Gasteiger partial charge in [0, 0.05) is 24.4 Å².